The Morgan fingerprint density at radius 2 is 1.84 bits per heavy atom. The SMILES string of the molecule is OC[C@H](NCc1cc(O)cc(F)c1)c1ccccc1. The number of hydrogen-bond acceptors (Lipinski definition) is 3. The van der Waals surface area contributed by atoms with E-state index in [9.17, 15) is 14.6 Å². The normalized spacial score (nSPS) is 12.3. The van der Waals surface area contributed by atoms with Gasteiger partial charge in [-0.2, -0.15) is 0 Å². The van der Waals surface area contributed by atoms with Crippen LogP contribution in [0.4, 0.5) is 4.39 Å². The van der Waals surface area contributed by atoms with Crippen molar-refractivity contribution in [3.05, 3.63) is 65.5 Å². The van der Waals surface area contributed by atoms with Crippen LogP contribution >= 0.6 is 0 Å². The summed E-state index contributed by atoms with van der Waals surface area (Å²) in [5, 5.41) is 21.8. The average Bonchev–Trinajstić information content (AvgIpc) is 2.39. The van der Waals surface area contributed by atoms with Gasteiger partial charge in [0, 0.05) is 12.6 Å². The fraction of sp³-hybridized carbons (Fsp3) is 0.200. The lowest BCUT2D eigenvalue weighted by Gasteiger charge is -2.16. The molecular formula is C15H16FNO2. The number of aromatic hydroxyl groups is 1. The Labute approximate surface area is 111 Å². The summed E-state index contributed by atoms with van der Waals surface area (Å²) in [6.45, 7) is 0.316. The van der Waals surface area contributed by atoms with Crippen molar-refractivity contribution >= 4 is 0 Å². The fourth-order valence-corrected chi connectivity index (χ4v) is 1.95. The van der Waals surface area contributed by atoms with E-state index < -0.39 is 5.82 Å². The van der Waals surface area contributed by atoms with E-state index in [1.54, 1.807) is 0 Å². The van der Waals surface area contributed by atoms with Crippen LogP contribution < -0.4 is 5.32 Å². The molecule has 2 aromatic carbocycles. The number of aliphatic hydroxyl groups excluding tert-OH is 1. The van der Waals surface area contributed by atoms with Crippen LogP contribution in [0.5, 0.6) is 5.75 Å². The molecule has 0 unspecified atom stereocenters. The van der Waals surface area contributed by atoms with Gasteiger partial charge in [0.1, 0.15) is 11.6 Å². The van der Waals surface area contributed by atoms with Crippen LogP contribution in [-0.4, -0.2) is 16.8 Å². The molecule has 0 aromatic heterocycles. The lowest BCUT2D eigenvalue weighted by atomic mass is 10.1. The van der Waals surface area contributed by atoms with Gasteiger partial charge in [-0.1, -0.05) is 30.3 Å². The molecule has 100 valence electrons. The third kappa shape index (κ3) is 3.77. The van der Waals surface area contributed by atoms with Gasteiger partial charge in [0.05, 0.1) is 12.6 Å². The number of phenols is 1. The molecule has 0 spiro atoms. The van der Waals surface area contributed by atoms with Crippen molar-refractivity contribution in [1.29, 1.82) is 0 Å². The lowest BCUT2D eigenvalue weighted by Crippen LogP contribution is -2.23. The maximum absolute atomic E-state index is 13.1. The number of nitrogens with one attached hydrogen (secondary N) is 1. The third-order valence-electron chi connectivity index (χ3n) is 2.88. The first-order valence-corrected chi connectivity index (χ1v) is 6.06. The first-order chi connectivity index (χ1) is 9.19. The summed E-state index contributed by atoms with van der Waals surface area (Å²) >= 11 is 0. The Kier molecular flexibility index (Phi) is 4.49. The highest BCUT2D eigenvalue weighted by Gasteiger charge is 2.09. The van der Waals surface area contributed by atoms with Gasteiger partial charge in [0.25, 0.3) is 0 Å². The number of aliphatic hydroxyl groups is 1. The van der Waals surface area contributed by atoms with Crippen molar-refractivity contribution in [3.63, 3.8) is 0 Å². The van der Waals surface area contributed by atoms with E-state index in [-0.39, 0.29) is 18.4 Å². The van der Waals surface area contributed by atoms with E-state index in [1.807, 2.05) is 30.3 Å². The van der Waals surface area contributed by atoms with Crippen LogP contribution in [0.15, 0.2) is 48.5 Å². The molecule has 4 heteroatoms. The summed E-state index contributed by atoms with van der Waals surface area (Å²) in [6, 6.07) is 13.2. The molecule has 3 nitrogen and oxygen atoms in total. The van der Waals surface area contributed by atoms with Crippen molar-refractivity contribution in [3.8, 4) is 5.75 Å². The number of hydrogen-bond donors (Lipinski definition) is 3. The van der Waals surface area contributed by atoms with E-state index >= 15 is 0 Å². The molecular weight excluding hydrogens is 245 g/mol. The fourth-order valence-electron chi connectivity index (χ4n) is 1.95. The minimum Gasteiger partial charge on any atom is -0.508 e. The topological polar surface area (TPSA) is 52.5 Å². The minimum absolute atomic E-state index is 0.0503. The Morgan fingerprint density at radius 3 is 2.47 bits per heavy atom. The standard InChI is InChI=1S/C15H16FNO2/c16-13-6-11(7-14(19)8-13)9-17-15(10-18)12-4-2-1-3-5-12/h1-8,15,17-19H,9-10H2/t15-/m0/s1. The van der Waals surface area contributed by atoms with Crippen LogP contribution in [0, 0.1) is 5.82 Å². The molecule has 19 heavy (non-hydrogen) atoms. The Hall–Kier alpha value is -1.91. The molecule has 3 N–H and O–H groups in total. The molecule has 0 aliphatic rings. The van der Waals surface area contributed by atoms with Crippen LogP contribution in [0.1, 0.15) is 17.2 Å². The molecule has 0 saturated heterocycles. The maximum atomic E-state index is 13.1. The zero-order valence-electron chi connectivity index (χ0n) is 10.4. The molecule has 2 aromatic rings. The van der Waals surface area contributed by atoms with Gasteiger partial charge >= 0.3 is 0 Å². The quantitative estimate of drug-likeness (QED) is 0.774. The number of halogens is 1. The summed E-state index contributed by atoms with van der Waals surface area (Å²) in [5.74, 6) is -0.575. The molecule has 0 bridgehead atoms. The third-order valence-corrected chi connectivity index (χ3v) is 2.88. The second kappa shape index (κ2) is 6.31. The Morgan fingerprint density at radius 1 is 1.11 bits per heavy atom. The van der Waals surface area contributed by atoms with E-state index in [4.69, 9.17) is 0 Å². The van der Waals surface area contributed by atoms with E-state index in [2.05, 4.69) is 5.32 Å². The van der Waals surface area contributed by atoms with Crippen LogP contribution in [0.25, 0.3) is 0 Å². The van der Waals surface area contributed by atoms with E-state index in [0.717, 1.165) is 11.6 Å². The Bertz CT molecular complexity index is 511. The van der Waals surface area contributed by atoms with Gasteiger partial charge < -0.3 is 15.5 Å². The van der Waals surface area contributed by atoms with Crippen molar-refractivity contribution in [2.24, 2.45) is 0 Å². The molecule has 0 aliphatic heterocycles. The summed E-state index contributed by atoms with van der Waals surface area (Å²) in [5.41, 5.74) is 1.59. The van der Waals surface area contributed by atoms with E-state index in [0.29, 0.717) is 12.1 Å². The lowest BCUT2D eigenvalue weighted by molar-refractivity contribution is 0.243. The van der Waals surface area contributed by atoms with Gasteiger partial charge in [-0.05, 0) is 23.3 Å². The van der Waals surface area contributed by atoms with Gasteiger partial charge in [-0.3, -0.25) is 0 Å². The van der Waals surface area contributed by atoms with Crippen molar-refractivity contribution in [2.75, 3.05) is 6.61 Å². The number of phenolic OH excluding ortho intramolecular Hbond substituents is 1. The van der Waals surface area contributed by atoms with Gasteiger partial charge in [-0.15, -0.1) is 0 Å². The average molecular weight is 261 g/mol. The van der Waals surface area contributed by atoms with Crippen molar-refractivity contribution in [2.45, 2.75) is 12.6 Å². The molecule has 1 atom stereocenters. The highest BCUT2D eigenvalue weighted by Crippen LogP contribution is 2.16. The predicted octanol–water partition coefficient (Wildman–Crippen LogP) is 2.35. The predicted molar refractivity (Wildman–Crippen MR) is 71.2 cm³/mol. The zero-order valence-corrected chi connectivity index (χ0v) is 10.4. The molecule has 0 radical (unpaired) electrons. The first kappa shape index (κ1) is 13.5. The molecule has 0 fully saturated rings. The second-order valence-corrected chi connectivity index (χ2v) is 4.34. The van der Waals surface area contributed by atoms with Crippen molar-refractivity contribution in [1.82, 2.24) is 5.32 Å². The monoisotopic (exact) mass is 261 g/mol. The van der Waals surface area contributed by atoms with Gasteiger partial charge in [0.2, 0.25) is 0 Å². The van der Waals surface area contributed by atoms with Crippen molar-refractivity contribution < 1.29 is 14.6 Å². The van der Waals surface area contributed by atoms with E-state index in [1.165, 1.54) is 12.1 Å². The maximum Gasteiger partial charge on any atom is 0.127 e. The molecule has 0 amide bonds. The van der Waals surface area contributed by atoms with Crippen LogP contribution in [0.2, 0.25) is 0 Å². The minimum atomic E-state index is -0.475. The smallest absolute Gasteiger partial charge is 0.127 e. The molecule has 0 saturated carbocycles. The van der Waals surface area contributed by atoms with Gasteiger partial charge in [-0.25, -0.2) is 4.39 Å². The largest absolute Gasteiger partial charge is 0.508 e. The second-order valence-electron chi connectivity index (χ2n) is 4.34. The summed E-state index contributed by atoms with van der Waals surface area (Å²) < 4.78 is 13.1. The molecule has 2 rings (SSSR count). The number of benzene rings is 2. The number of rotatable bonds is 5. The molecule has 0 heterocycles. The summed E-state index contributed by atoms with van der Waals surface area (Å²) in [7, 11) is 0. The molecule has 0 aliphatic carbocycles. The highest BCUT2D eigenvalue weighted by atomic mass is 19.1. The Balaban J connectivity index is 2.04. The zero-order chi connectivity index (χ0) is 13.7. The highest BCUT2D eigenvalue weighted by molar-refractivity contribution is 5.28. The van der Waals surface area contributed by atoms with Crippen LogP contribution in [-0.2, 0) is 6.54 Å². The van der Waals surface area contributed by atoms with Gasteiger partial charge in [0.15, 0.2) is 0 Å². The first-order valence-electron chi connectivity index (χ1n) is 6.06. The van der Waals surface area contributed by atoms with Crippen LogP contribution in [0.3, 0.4) is 0 Å². The summed E-state index contributed by atoms with van der Waals surface area (Å²) in [6.07, 6.45) is 0. The summed E-state index contributed by atoms with van der Waals surface area (Å²) in [4.78, 5) is 0.